The Morgan fingerprint density at radius 1 is 1.00 bits per heavy atom. The van der Waals surface area contributed by atoms with Gasteiger partial charge in [0.25, 0.3) is 5.69 Å². The third kappa shape index (κ3) is 5.99. The van der Waals surface area contributed by atoms with Crippen LogP contribution in [0.25, 0.3) is 10.9 Å². The lowest BCUT2D eigenvalue weighted by molar-refractivity contribution is -0.384. The van der Waals surface area contributed by atoms with Crippen LogP contribution in [0.3, 0.4) is 0 Å². The Balaban J connectivity index is 1.50. The van der Waals surface area contributed by atoms with Crippen LogP contribution in [-0.2, 0) is 4.79 Å². The molecule has 3 aromatic carbocycles. The average molecular weight is 571 g/mol. The fourth-order valence-corrected chi connectivity index (χ4v) is 4.88. The Hall–Kier alpha value is -5.07. The molecule has 12 heteroatoms. The smallest absolute Gasteiger partial charge is 0.335 e. The van der Waals surface area contributed by atoms with Gasteiger partial charge in [0.1, 0.15) is 0 Å². The molecule has 0 radical (unpaired) electrons. The van der Waals surface area contributed by atoms with Crippen molar-refractivity contribution in [2.75, 3.05) is 51.7 Å². The molecule has 1 fully saturated rings. The van der Waals surface area contributed by atoms with Gasteiger partial charge in [0.2, 0.25) is 5.91 Å². The number of aromatic hydroxyl groups is 1. The summed E-state index contributed by atoms with van der Waals surface area (Å²) in [4.78, 5) is 48.9. The monoisotopic (exact) mass is 570 g/mol. The van der Waals surface area contributed by atoms with Gasteiger partial charge >= 0.3 is 5.97 Å². The molecule has 0 bridgehead atoms. The van der Waals surface area contributed by atoms with Crippen molar-refractivity contribution in [3.63, 3.8) is 0 Å². The highest BCUT2D eigenvalue weighted by Crippen LogP contribution is 2.33. The summed E-state index contributed by atoms with van der Waals surface area (Å²) in [6.45, 7) is 3.84. The minimum absolute atomic E-state index is 0.0273. The molecule has 1 aliphatic heterocycles. The molecule has 0 spiro atoms. The standard InChI is InChI=1S/C30H30N6O6/c1-33-13-15-35(16-14-33)18-26(37)34(2)22-10-6-21(7-11-22)31-28(19-3-8-23(9-4-19)36(41)42)27-24-17-20(30(39)40)5-12-25(24)32-29(27)38/h3-12,17,32,38H,13-16,18H2,1-2H3,(H,39,40). The lowest BCUT2D eigenvalue weighted by atomic mass is 9.99. The summed E-state index contributed by atoms with van der Waals surface area (Å²) in [6, 6.07) is 17.1. The second-order valence-corrected chi connectivity index (χ2v) is 10.2. The molecule has 0 unspecified atom stereocenters. The fourth-order valence-electron chi connectivity index (χ4n) is 4.88. The van der Waals surface area contributed by atoms with Gasteiger partial charge in [-0.3, -0.25) is 19.8 Å². The number of nitrogens with zero attached hydrogens (tertiary/aromatic N) is 5. The second kappa shape index (κ2) is 11.8. The van der Waals surface area contributed by atoms with Crippen molar-refractivity contribution in [3.8, 4) is 5.88 Å². The van der Waals surface area contributed by atoms with E-state index in [0.717, 1.165) is 26.2 Å². The van der Waals surface area contributed by atoms with Gasteiger partial charge in [0.05, 0.1) is 34.0 Å². The van der Waals surface area contributed by atoms with Gasteiger partial charge < -0.3 is 25.0 Å². The van der Waals surface area contributed by atoms with Crippen LogP contribution in [0.4, 0.5) is 17.1 Å². The average Bonchev–Trinajstić information content (AvgIpc) is 3.31. The zero-order valence-corrected chi connectivity index (χ0v) is 23.1. The predicted molar refractivity (Wildman–Crippen MR) is 159 cm³/mol. The molecular formula is C30H30N6O6. The third-order valence-electron chi connectivity index (χ3n) is 7.42. The lowest BCUT2D eigenvalue weighted by Gasteiger charge is -2.32. The van der Waals surface area contributed by atoms with Crippen molar-refractivity contribution < 1.29 is 24.7 Å². The van der Waals surface area contributed by atoms with Crippen LogP contribution in [0, 0.1) is 10.1 Å². The molecule has 3 N–H and O–H groups in total. The number of amides is 1. The highest BCUT2D eigenvalue weighted by atomic mass is 16.6. The van der Waals surface area contributed by atoms with Crippen molar-refractivity contribution in [3.05, 3.63) is 93.5 Å². The fraction of sp³-hybridized carbons (Fsp3) is 0.233. The van der Waals surface area contributed by atoms with E-state index in [2.05, 4.69) is 21.8 Å². The van der Waals surface area contributed by atoms with Gasteiger partial charge in [-0.2, -0.15) is 0 Å². The van der Waals surface area contributed by atoms with E-state index in [0.29, 0.717) is 34.4 Å². The van der Waals surface area contributed by atoms with Gasteiger partial charge in [0.15, 0.2) is 5.88 Å². The molecular weight excluding hydrogens is 540 g/mol. The minimum atomic E-state index is -1.13. The molecule has 0 aliphatic carbocycles. The van der Waals surface area contributed by atoms with Crippen LogP contribution in [0.2, 0.25) is 0 Å². The number of hydrogen-bond acceptors (Lipinski definition) is 8. The van der Waals surface area contributed by atoms with E-state index in [-0.39, 0.29) is 34.3 Å². The molecule has 1 aliphatic rings. The van der Waals surface area contributed by atoms with Crippen LogP contribution in [0.15, 0.2) is 71.7 Å². The lowest BCUT2D eigenvalue weighted by Crippen LogP contribution is -2.48. The number of carbonyl (C=O) groups excluding carboxylic acids is 1. The Morgan fingerprint density at radius 3 is 2.26 bits per heavy atom. The number of nitro benzene ring substituents is 1. The van der Waals surface area contributed by atoms with Gasteiger partial charge in [-0.25, -0.2) is 9.79 Å². The van der Waals surface area contributed by atoms with Crippen molar-refractivity contribution >= 4 is 45.6 Å². The van der Waals surface area contributed by atoms with Gasteiger partial charge in [-0.05, 0) is 61.6 Å². The maximum Gasteiger partial charge on any atom is 0.335 e. The van der Waals surface area contributed by atoms with Gasteiger partial charge in [-0.1, -0.05) is 0 Å². The van der Waals surface area contributed by atoms with E-state index in [1.165, 1.54) is 36.4 Å². The number of fused-ring (bicyclic) bond motifs is 1. The van der Waals surface area contributed by atoms with Gasteiger partial charge in [0, 0.05) is 67.5 Å². The van der Waals surface area contributed by atoms with Crippen molar-refractivity contribution in [2.24, 2.45) is 4.99 Å². The number of nitro groups is 1. The third-order valence-corrected chi connectivity index (χ3v) is 7.42. The van der Waals surface area contributed by atoms with E-state index in [9.17, 15) is 29.9 Å². The van der Waals surface area contributed by atoms with Gasteiger partial charge in [-0.15, -0.1) is 0 Å². The summed E-state index contributed by atoms with van der Waals surface area (Å²) in [5.41, 5.74) is 2.61. The van der Waals surface area contributed by atoms with Crippen LogP contribution in [-0.4, -0.2) is 94.3 Å². The van der Waals surface area contributed by atoms with Crippen LogP contribution < -0.4 is 4.90 Å². The van der Waals surface area contributed by atoms with E-state index in [4.69, 9.17) is 4.99 Å². The number of aromatic carboxylic acids is 1. The normalized spacial score (nSPS) is 14.7. The number of H-pyrrole nitrogens is 1. The predicted octanol–water partition coefficient (Wildman–Crippen LogP) is 3.86. The van der Waals surface area contributed by atoms with Crippen LogP contribution in [0.5, 0.6) is 5.88 Å². The maximum absolute atomic E-state index is 12.9. The first-order valence-electron chi connectivity index (χ1n) is 13.3. The Kier molecular flexibility index (Phi) is 8.00. The number of likely N-dealkylation sites (N-methyl/N-ethyl adjacent to an activating group) is 2. The number of benzene rings is 3. The number of carbonyl (C=O) groups is 2. The molecule has 2 heterocycles. The molecule has 0 atom stereocenters. The zero-order chi connectivity index (χ0) is 30.0. The summed E-state index contributed by atoms with van der Waals surface area (Å²) in [6.07, 6.45) is 0. The number of aliphatic imine (C=N–C) groups is 1. The number of hydrogen-bond donors (Lipinski definition) is 3. The zero-order valence-electron chi connectivity index (χ0n) is 23.1. The molecule has 42 heavy (non-hydrogen) atoms. The number of carboxylic acid groups (broad SMARTS) is 1. The summed E-state index contributed by atoms with van der Waals surface area (Å²) >= 11 is 0. The first kappa shape index (κ1) is 28.5. The largest absolute Gasteiger partial charge is 0.494 e. The van der Waals surface area contributed by atoms with Crippen molar-refractivity contribution in [2.45, 2.75) is 0 Å². The molecule has 0 saturated carbocycles. The number of nitrogens with one attached hydrogen (secondary N) is 1. The molecule has 1 aromatic heterocycles. The summed E-state index contributed by atoms with van der Waals surface area (Å²) in [5.74, 6) is -1.38. The summed E-state index contributed by atoms with van der Waals surface area (Å²) in [7, 11) is 3.79. The van der Waals surface area contributed by atoms with E-state index < -0.39 is 10.9 Å². The Labute approximate surface area is 241 Å². The SMILES string of the molecule is CN1CCN(CC(=O)N(C)c2ccc(N=C(c3ccc([N+](=O)[O-])cc3)c3c(O)[nH]c4ccc(C(=O)O)cc34)cc2)CC1. The summed E-state index contributed by atoms with van der Waals surface area (Å²) in [5, 5.41) is 32.1. The molecule has 1 saturated heterocycles. The van der Waals surface area contributed by atoms with Crippen LogP contribution in [0.1, 0.15) is 21.5 Å². The number of piperazine rings is 1. The highest BCUT2D eigenvalue weighted by Gasteiger charge is 2.22. The first-order valence-corrected chi connectivity index (χ1v) is 13.3. The number of carboxylic acids is 1. The molecule has 5 rings (SSSR count). The van der Waals surface area contributed by atoms with E-state index in [1.807, 2.05) is 0 Å². The van der Waals surface area contributed by atoms with E-state index >= 15 is 0 Å². The molecule has 4 aromatic rings. The number of rotatable bonds is 8. The summed E-state index contributed by atoms with van der Waals surface area (Å²) < 4.78 is 0. The number of aromatic amines is 1. The topological polar surface area (TPSA) is 156 Å². The Bertz CT molecular complexity index is 1670. The molecule has 1 amide bonds. The minimum Gasteiger partial charge on any atom is -0.494 e. The first-order chi connectivity index (χ1) is 20.1. The van der Waals surface area contributed by atoms with Crippen LogP contribution >= 0.6 is 0 Å². The molecule has 12 nitrogen and oxygen atoms in total. The van der Waals surface area contributed by atoms with E-state index in [1.54, 1.807) is 42.3 Å². The second-order valence-electron chi connectivity index (χ2n) is 10.2. The quantitative estimate of drug-likeness (QED) is 0.164. The maximum atomic E-state index is 12.9. The number of aromatic nitrogens is 1. The highest BCUT2D eigenvalue weighted by molar-refractivity contribution is 6.22. The Morgan fingerprint density at radius 2 is 1.64 bits per heavy atom. The number of non-ortho nitro benzene ring substituents is 1. The number of anilines is 1. The van der Waals surface area contributed by atoms with Crippen molar-refractivity contribution in [1.29, 1.82) is 0 Å². The van der Waals surface area contributed by atoms with Crippen molar-refractivity contribution in [1.82, 2.24) is 14.8 Å². The molecule has 216 valence electrons.